The second kappa shape index (κ2) is 7.34. The number of ether oxygens (including phenoxy) is 2. The van der Waals surface area contributed by atoms with Crippen LogP contribution in [0.1, 0.15) is 22.3 Å². The summed E-state index contributed by atoms with van der Waals surface area (Å²) in [5.41, 5.74) is 5.19. The van der Waals surface area contributed by atoms with E-state index in [2.05, 4.69) is 36.4 Å². The van der Waals surface area contributed by atoms with E-state index in [1.165, 1.54) is 22.3 Å². The van der Waals surface area contributed by atoms with Gasteiger partial charge in [0.2, 0.25) is 0 Å². The predicted molar refractivity (Wildman–Crippen MR) is 96.0 cm³/mol. The van der Waals surface area contributed by atoms with Crippen LogP contribution in [0.15, 0.2) is 36.4 Å². The van der Waals surface area contributed by atoms with Gasteiger partial charge in [-0.05, 0) is 23.3 Å². The van der Waals surface area contributed by atoms with E-state index >= 15 is 0 Å². The topological polar surface area (TPSA) is 18.5 Å². The SMILES string of the molecule is COc1cc2c(OC)cc1CSCc1cccc(c1)CSC2. The molecule has 116 valence electrons. The number of rotatable bonds is 2. The lowest BCUT2D eigenvalue weighted by atomic mass is 10.1. The first-order valence-electron chi connectivity index (χ1n) is 7.27. The molecule has 2 aliphatic rings. The van der Waals surface area contributed by atoms with Gasteiger partial charge in [-0.15, -0.1) is 0 Å². The van der Waals surface area contributed by atoms with Crippen molar-refractivity contribution >= 4 is 23.5 Å². The number of hydrogen-bond donors (Lipinski definition) is 0. The molecule has 2 aromatic carbocycles. The van der Waals surface area contributed by atoms with Crippen LogP contribution in [0, 0.1) is 0 Å². The number of benzene rings is 2. The summed E-state index contributed by atoms with van der Waals surface area (Å²) in [5, 5.41) is 0. The standard InChI is InChI=1S/C18H20O2S2/c1-19-17-7-16-12-22-10-14-5-3-4-13(6-14)9-21-11-15(17)8-18(16)20-2/h3-8H,9-12H2,1-2H3. The van der Waals surface area contributed by atoms with Gasteiger partial charge >= 0.3 is 0 Å². The molecule has 0 N–H and O–H groups in total. The fraction of sp³-hybridized carbons (Fsp3) is 0.333. The smallest absolute Gasteiger partial charge is 0.123 e. The molecule has 4 rings (SSSR count). The molecule has 0 atom stereocenters. The summed E-state index contributed by atoms with van der Waals surface area (Å²) in [6.45, 7) is 0. The van der Waals surface area contributed by atoms with E-state index in [-0.39, 0.29) is 0 Å². The zero-order valence-corrected chi connectivity index (χ0v) is 14.6. The molecule has 2 aliphatic heterocycles. The Kier molecular flexibility index (Phi) is 5.21. The van der Waals surface area contributed by atoms with Crippen molar-refractivity contribution in [2.24, 2.45) is 0 Å². The average molecular weight is 332 g/mol. The van der Waals surface area contributed by atoms with E-state index in [9.17, 15) is 0 Å². The Labute approximate surface area is 140 Å². The third-order valence-corrected chi connectivity index (χ3v) is 5.83. The number of thioether (sulfide) groups is 2. The molecule has 0 saturated heterocycles. The molecule has 2 aromatic rings. The van der Waals surface area contributed by atoms with E-state index in [0.717, 1.165) is 34.5 Å². The van der Waals surface area contributed by atoms with Gasteiger partial charge in [-0.2, -0.15) is 23.5 Å². The van der Waals surface area contributed by atoms with Crippen molar-refractivity contribution in [2.75, 3.05) is 14.2 Å². The molecule has 4 bridgehead atoms. The van der Waals surface area contributed by atoms with Crippen molar-refractivity contribution in [3.05, 3.63) is 58.7 Å². The quantitative estimate of drug-likeness (QED) is 0.779. The van der Waals surface area contributed by atoms with Crippen LogP contribution < -0.4 is 9.47 Å². The van der Waals surface area contributed by atoms with E-state index < -0.39 is 0 Å². The molecule has 0 fully saturated rings. The van der Waals surface area contributed by atoms with Crippen LogP contribution in [0.2, 0.25) is 0 Å². The largest absolute Gasteiger partial charge is 0.496 e. The maximum absolute atomic E-state index is 5.58. The summed E-state index contributed by atoms with van der Waals surface area (Å²) in [7, 11) is 3.49. The van der Waals surface area contributed by atoms with Gasteiger partial charge in [0.15, 0.2) is 0 Å². The Bertz CT molecular complexity index is 603. The highest BCUT2D eigenvalue weighted by molar-refractivity contribution is 7.98. The molecule has 0 spiro atoms. The van der Waals surface area contributed by atoms with Crippen LogP contribution in [0.5, 0.6) is 11.5 Å². The van der Waals surface area contributed by atoms with Crippen LogP contribution in [0.3, 0.4) is 0 Å². The third-order valence-electron chi connectivity index (χ3n) is 3.73. The maximum atomic E-state index is 5.58. The van der Waals surface area contributed by atoms with Gasteiger partial charge < -0.3 is 9.47 Å². The van der Waals surface area contributed by atoms with Crippen LogP contribution in [0.25, 0.3) is 0 Å². The summed E-state index contributed by atoms with van der Waals surface area (Å²) >= 11 is 3.82. The normalized spacial score (nSPS) is 14.6. The van der Waals surface area contributed by atoms with Crippen LogP contribution in [0.4, 0.5) is 0 Å². The lowest BCUT2D eigenvalue weighted by molar-refractivity contribution is 0.397. The van der Waals surface area contributed by atoms with E-state index in [1.54, 1.807) is 14.2 Å². The Morgan fingerprint density at radius 2 is 1.23 bits per heavy atom. The highest BCUT2D eigenvalue weighted by Gasteiger charge is 2.12. The molecule has 0 unspecified atom stereocenters. The summed E-state index contributed by atoms with van der Waals surface area (Å²) in [6.07, 6.45) is 0. The Hall–Kier alpha value is -1.26. The minimum atomic E-state index is 0.928. The fourth-order valence-electron chi connectivity index (χ4n) is 2.62. The molecular formula is C18H20O2S2. The predicted octanol–water partition coefficient (Wildman–Crippen LogP) is 4.88. The molecule has 4 heteroatoms. The van der Waals surface area contributed by atoms with Crippen molar-refractivity contribution in [3.63, 3.8) is 0 Å². The first-order chi connectivity index (χ1) is 10.8. The second-order valence-electron chi connectivity index (χ2n) is 5.28. The molecule has 0 radical (unpaired) electrons. The van der Waals surface area contributed by atoms with Crippen molar-refractivity contribution in [2.45, 2.75) is 23.0 Å². The number of hydrogen-bond acceptors (Lipinski definition) is 4. The van der Waals surface area contributed by atoms with Gasteiger partial charge in [0.05, 0.1) is 14.2 Å². The van der Waals surface area contributed by atoms with Gasteiger partial charge in [0.1, 0.15) is 11.5 Å². The third kappa shape index (κ3) is 3.55. The van der Waals surface area contributed by atoms with Gasteiger partial charge in [-0.3, -0.25) is 0 Å². The van der Waals surface area contributed by atoms with Crippen LogP contribution >= 0.6 is 23.5 Å². The van der Waals surface area contributed by atoms with E-state index in [4.69, 9.17) is 9.47 Å². The van der Waals surface area contributed by atoms with E-state index in [0.29, 0.717) is 0 Å². The summed E-state index contributed by atoms with van der Waals surface area (Å²) < 4.78 is 11.2. The fourth-order valence-corrected chi connectivity index (χ4v) is 4.54. The molecule has 0 saturated carbocycles. The lowest BCUT2D eigenvalue weighted by Gasteiger charge is -2.14. The lowest BCUT2D eigenvalue weighted by Crippen LogP contribution is -1.97. The second-order valence-corrected chi connectivity index (χ2v) is 7.25. The first-order valence-corrected chi connectivity index (χ1v) is 9.58. The number of fused-ring (bicyclic) bond motifs is 6. The van der Waals surface area contributed by atoms with Crippen LogP contribution in [-0.2, 0) is 23.0 Å². The first kappa shape index (κ1) is 15.6. The summed E-state index contributed by atoms with van der Waals surface area (Å²) in [6, 6.07) is 13.2. The van der Waals surface area contributed by atoms with Gasteiger partial charge in [-0.25, -0.2) is 0 Å². The Morgan fingerprint density at radius 3 is 1.68 bits per heavy atom. The zero-order valence-electron chi connectivity index (χ0n) is 12.9. The summed E-state index contributed by atoms with van der Waals surface area (Å²) in [5.74, 6) is 5.83. The molecule has 2 nitrogen and oxygen atoms in total. The molecule has 2 heterocycles. The van der Waals surface area contributed by atoms with Crippen molar-refractivity contribution < 1.29 is 9.47 Å². The van der Waals surface area contributed by atoms with Gasteiger partial charge in [0.25, 0.3) is 0 Å². The number of methoxy groups -OCH3 is 2. The average Bonchev–Trinajstić information content (AvgIpc) is 2.56. The van der Waals surface area contributed by atoms with Crippen molar-refractivity contribution in [1.29, 1.82) is 0 Å². The maximum Gasteiger partial charge on any atom is 0.123 e. The Morgan fingerprint density at radius 1 is 0.727 bits per heavy atom. The van der Waals surface area contributed by atoms with Crippen LogP contribution in [-0.4, -0.2) is 14.2 Å². The zero-order chi connectivity index (χ0) is 15.4. The highest BCUT2D eigenvalue weighted by atomic mass is 32.2. The summed E-state index contributed by atoms with van der Waals surface area (Å²) in [4.78, 5) is 0. The molecular weight excluding hydrogens is 312 g/mol. The van der Waals surface area contributed by atoms with Gasteiger partial charge in [0, 0.05) is 34.1 Å². The Balaban J connectivity index is 1.95. The molecule has 0 aromatic heterocycles. The minimum absolute atomic E-state index is 0.928. The highest BCUT2D eigenvalue weighted by Crippen LogP contribution is 2.35. The molecule has 0 aliphatic carbocycles. The minimum Gasteiger partial charge on any atom is -0.496 e. The monoisotopic (exact) mass is 332 g/mol. The van der Waals surface area contributed by atoms with E-state index in [1.807, 2.05) is 23.5 Å². The molecule has 22 heavy (non-hydrogen) atoms. The van der Waals surface area contributed by atoms with Gasteiger partial charge in [-0.1, -0.05) is 24.3 Å². The molecule has 0 amide bonds. The van der Waals surface area contributed by atoms with Crippen molar-refractivity contribution in [1.82, 2.24) is 0 Å². The van der Waals surface area contributed by atoms with Crippen molar-refractivity contribution in [3.8, 4) is 11.5 Å².